The average Bonchev–Trinajstić information content (AvgIpc) is 2.17. The molecule has 4 N–H and O–H groups in total. The minimum atomic E-state index is -0.0336. The Bertz CT molecular complexity index is 305. The highest BCUT2D eigenvalue weighted by Gasteiger charge is 2.09. The number of benzene rings is 1. The van der Waals surface area contributed by atoms with E-state index >= 15 is 0 Å². The molecule has 0 spiro atoms. The van der Waals surface area contributed by atoms with Crippen LogP contribution in [-0.4, -0.2) is 6.54 Å². The first-order valence-corrected chi connectivity index (χ1v) is 5.12. The van der Waals surface area contributed by atoms with Gasteiger partial charge in [-0.25, -0.2) is 0 Å². The van der Waals surface area contributed by atoms with Gasteiger partial charge in [0.15, 0.2) is 0 Å². The Morgan fingerprint density at radius 1 is 1.29 bits per heavy atom. The van der Waals surface area contributed by atoms with Crippen LogP contribution in [-0.2, 0) is 0 Å². The van der Waals surface area contributed by atoms with Gasteiger partial charge in [-0.3, -0.25) is 0 Å². The van der Waals surface area contributed by atoms with E-state index in [4.69, 9.17) is 11.5 Å². The van der Waals surface area contributed by atoms with Crippen molar-refractivity contribution >= 4 is 0 Å². The second kappa shape index (κ2) is 4.58. The zero-order valence-corrected chi connectivity index (χ0v) is 9.25. The fourth-order valence-electron chi connectivity index (χ4n) is 1.54. The molecule has 2 nitrogen and oxygen atoms in total. The third-order valence-electron chi connectivity index (χ3n) is 2.62. The number of nitrogens with two attached hydrogens (primary N) is 2. The Kier molecular flexibility index (Phi) is 3.67. The average molecular weight is 192 g/mol. The molecule has 0 heterocycles. The van der Waals surface area contributed by atoms with Crippen LogP contribution < -0.4 is 11.5 Å². The smallest absolute Gasteiger partial charge is 0.0422 e. The minimum Gasteiger partial charge on any atom is -0.329 e. The molecule has 1 rings (SSSR count). The normalized spacial score (nSPS) is 13.3. The molecule has 0 saturated carbocycles. The summed E-state index contributed by atoms with van der Waals surface area (Å²) in [6.45, 7) is 6.95. The van der Waals surface area contributed by atoms with Crippen LogP contribution in [0.15, 0.2) is 18.2 Å². The lowest BCUT2D eigenvalue weighted by Gasteiger charge is -2.15. The van der Waals surface area contributed by atoms with Gasteiger partial charge in [-0.2, -0.15) is 0 Å². The maximum atomic E-state index is 5.94. The summed E-state index contributed by atoms with van der Waals surface area (Å²) in [4.78, 5) is 0. The molecule has 1 aromatic carbocycles. The third-order valence-corrected chi connectivity index (χ3v) is 2.62. The molecule has 0 fully saturated rings. The van der Waals surface area contributed by atoms with E-state index in [0.717, 1.165) is 0 Å². The van der Waals surface area contributed by atoms with E-state index in [9.17, 15) is 0 Å². The fourth-order valence-corrected chi connectivity index (χ4v) is 1.54. The van der Waals surface area contributed by atoms with Crippen LogP contribution in [0.5, 0.6) is 0 Å². The van der Waals surface area contributed by atoms with E-state index in [1.165, 1.54) is 16.7 Å². The van der Waals surface area contributed by atoms with Crippen LogP contribution in [0.2, 0.25) is 0 Å². The summed E-state index contributed by atoms with van der Waals surface area (Å²) in [7, 11) is 0. The van der Waals surface area contributed by atoms with Crippen molar-refractivity contribution in [2.75, 3.05) is 6.54 Å². The topological polar surface area (TPSA) is 52.0 Å². The van der Waals surface area contributed by atoms with Crippen LogP contribution in [0, 0.1) is 6.92 Å². The van der Waals surface area contributed by atoms with Gasteiger partial charge in [0, 0.05) is 12.6 Å². The van der Waals surface area contributed by atoms with Crippen molar-refractivity contribution in [3.8, 4) is 0 Å². The summed E-state index contributed by atoms with van der Waals surface area (Å²) < 4.78 is 0. The summed E-state index contributed by atoms with van der Waals surface area (Å²) in [5.74, 6) is 0.541. The summed E-state index contributed by atoms with van der Waals surface area (Å²) in [5.41, 5.74) is 15.2. The summed E-state index contributed by atoms with van der Waals surface area (Å²) >= 11 is 0. The zero-order chi connectivity index (χ0) is 10.7. The first-order chi connectivity index (χ1) is 6.56. The zero-order valence-electron chi connectivity index (χ0n) is 9.25. The SMILES string of the molecule is Cc1ccc(C(C)C)cc1[C@@H](N)CN. The van der Waals surface area contributed by atoms with Gasteiger partial charge < -0.3 is 11.5 Å². The number of hydrogen-bond donors (Lipinski definition) is 2. The monoisotopic (exact) mass is 192 g/mol. The predicted octanol–water partition coefficient (Wildman–Crippen LogP) is 2.08. The molecule has 78 valence electrons. The lowest BCUT2D eigenvalue weighted by atomic mass is 9.94. The van der Waals surface area contributed by atoms with E-state index < -0.39 is 0 Å². The molecule has 2 heteroatoms. The van der Waals surface area contributed by atoms with Crippen molar-refractivity contribution in [1.82, 2.24) is 0 Å². The standard InChI is InChI=1S/C12H20N2/c1-8(2)10-5-4-9(3)11(6-10)12(14)7-13/h4-6,8,12H,7,13-14H2,1-3H3/t12-/m0/s1. The molecule has 0 saturated heterocycles. The van der Waals surface area contributed by atoms with Crippen molar-refractivity contribution < 1.29 is 0 Å². The highest BCUT2D eigenvalue weighted by molar-refractivity contribution is 5.34. The first kappa shape index (κ1) is 11.2. The molecule has 14 heavy (non-hydrogen) atoms. The van der Waals surface area contributed by atoms with Crippen molar-refractivity contribution in [3.05, 3.63) is 34.9 Å². The maximum Gasteiger partial charge on any atom is 0.0422 e. The van der Waals surface area contributed by atoms with Gasteiger partial charge in [-0.1, -0.05) is 32.0 Å². The van der Waals surface area contributed by atoms with Crippen LogP contribution in [0.25, 0.3) is 0 Å². The lowest BCUT2D eigenvalue weighted by Crippen LogP contribution is -2.21. The fraction of sp³-hybridized carbons (Fsp3) is 0.500. The van der Waals surface area contributed by atoms with Crippen molar-refractivity contribution in [2.24, 2.45) is 11.5 Å². The molecule has 0 bridgehead atoms. The van der Waals surface area contributed by atoms with Crippen molar-refractivity contribution in [3.63, 3.8) is 0 Å². The van der Waals surface area contributed by atoms with E-state index in [-0.39, 0.29) is 6.04 Å². The van der Waals surface area contributed by atoms with Gasteiger partial charge in [0.05, 0.1) is 0 Å². The highest BCUT2D eigenvalue weighted by Crippen LogP contribution is 2.21. The molecule has 0 aliphatic carbocycles. The van der Waals surface area contributed by atoms with Gasteiger partial charge in [-0.05, 0) is 29.5 Å². The van der Waals surface area contributed by atoms with Crippen LogP contribution >= 0.6 is 0 Å². The Balaban J connectivity index is 3.08. The second-order valence-corrected chi connectivity index (χ2v) is 4.11. The van der Waals surface area contributed by atoms with Crippen LogP contribution in [0.1, 0.15) is 42.5 Å². The number of rotatable bonds is 3. The quantitative estimate of drug-likeness (QED) is 0.770. The van der Waals surface area contributed by atoms with Crippen LogP contribution in [0.4, 0.5) is 0 Å². The molecule has 1 aromatic rings. The van der Waals surface area contributed by atoms with E-state index in [0.29, 0.717) is 12.5 Å². The van der Waals surface area contributed by atoms with Gasteiger partial charge in [0.2, 0.25) is 0 Å². The lowest BCUT2D eigenvalue weighted by molar-refractivity contribution is 0.727. The van der Waals surface area contributed by atoms with Crippen molar-refractivity contribution in [2.45, 2.75) is 32.7 Å². The van der Waals surface area contributed by atoms with E-state index in [1.54, 1.807) is 0 Å². The first-order valence-electron chi connectivity index (χ1n) is 5.12. The third kappa shape index (κ3) is 2.34. The van der Waals surface area contributed by atoms with Gasteiger partial charge in [0.1, 0.15) is 0 Å². The molecule has 1 atom stereocenters. The molecule has 0 aliphatic rings. The number of hydrogen-bond acceptors (Lipinski definition) is 2. The van der Waals surface area contributed by atoms with Gasteiger partial charge >= 0.3 is 0 Å². The maximum absolute atomic E-state index is 5.94. The molecule has 0 unspecified atom stereocenters. The molecule has 0 radical (unpaired) electrons. The Morgan fingerprint density at radius 3 is 2.43 bits per heavy atom. The molecule has 0 aliphatic heterocycles. The highest BCUT2D eigenvalue weighted by atomic mass is 14.7. The van der Waals surface area contributed by atoms with Gasteiger partial charge in [-0.15, -0.1) is 0 Å². The van der Waals surface area contributed by atoms with E-state index in [2.05, 4.69) is 39.0 Å². The Hall–Kier alpha value is -0.860. The predicted molar refractivity (Wildman–Crippen MR) is 61.3 cm³/mol. The Labute approximate surface area is 86.3 Å². The summed E-state index contributed by atoms with van der Waals surface area (Å²) in [5, 5.41) is 0. The molecular weight excluding hydrogens is 172 g/mol. The molecule has 0 amide bonds. The minimum absolute atomic E-state index is 0.0336. The van der Waals surface area contributed by atoms with Crippen LogP contribution in [0.3, 0.4) is 0 Å². The Morgan fingerprint density at radius 2 is 1.93 bits per heavy atom. The molecule has 0 aromatic heterocycles. The second-order valence-electron chi connectivity index (χ2n) is 4.11. The molecular formula is C12H20N2. The summed E-state index contributed by atoms with van der Waals surface area (Å²) in [6.07, 6.45) is 0. The van der Waals surface area contributed by atoms with E-state index in [1.807, 2.05) is 0 Å². The number of aryl methyl sites for hydroxylation is 1. The largest absolute Gasteiger partial charge is 0.329 e. The van der Waals surface area contributed by atoms with Gasteiger partial charge in [0.25, 0.3) is 0 Å². The van der Waals surface area contributed by atoms with Crippen molar-refractivity contribution in [1.29, 1.82) is 0 Å². The summed E-state index contributed by atoms with van der Waals surface area (Å²) in [6, 6.07) is 6.43.